The predicted octanol–water partition coefficient (Wildman–Crippen LogP) is 3.63. The van der Waals surface area contributed by atoms with Gasteiger partial charge in [-0.2, -0.15) is 0 Å². The molecule has 1 aromatic rings. The molecule has 0 aromatic heterocycles. The molecule has 0 heterocycles. The highest BCUT2D eigenvalue weighted by Crippen LogP contribution is 2.21. The van der Waals surface area contributed by atoms with E-state index >= 15 is 0 Å². The van der Waals surface area contributed by atoms with Gasteiger partial charge in [-0.25, -0.2) is 4.99 Å². The van der Waals surface area contributed by atoms with Crippen LogP contribution in [0.25, 0.3) is 0 Å². The predicted molar refractivity (Wildman–Crippen MR) is 127 cm³/mol. The molecule has 0 saturated heterocycles. The van der Waals surface area contributed by atoms with Gasteiger partial charge in [-0.15, -0.1) is 24.0 Å². The van der Waals surface area contributed by atoms with Gasteiger partial charge < -0.3 is 25.2 Å². The van der Waals surface area contributed by atoms with Crippen LogP contribution in [0.5, 0.6) is 5.75 Å². The Morgan fingerprint density at radius 2 is 1.82 bits per heavy atom. The molecule has 162 valence electrons. The van der Waals surface area contributed by atoms with Crippen LogP contribution in [-0.4, -0.2) is 49.6 Å². The van der Waals surface area contributed by atoms with Crippen LogP contribution in [-0.2, 0) is 11.3 Å². The maximum Gasteiger partial charge on any atom is 0.191 e. The molecular weight excluding hydrogens is 469 g/mol. The second kappa shape index (κ2) is 14.9. The van der Waals surface area contributed by atoms with Crippen molar-refractivity contribution in [1.29, 1.82) is 0 Å². The molecule has 0 aliphatic carbocycles. The summed E-state index contributed by atoms with van der Waals surface area (Å²) in [4.78, 5) is 4.66. The van der Waals surface area contributed by atoms with E-state index in [1.54, 1.807) is 0 Å². The Morgan fingerprint density at radius 3 is 2.43 bits per heavy atom. The number of nitrogens with zero attached hydrogens (tertiary/aromatic N) is 1. The third-order valence-corrected chi connectivity index (χ3v) is 4.56. The summed E-state index contributed by atoms with van der Waals surface area (Å²) in [7, 11) is 0. The summed E-state index contributed by atoms with van der Waals surface area (Å²) in [6, 6.07) is 6.14. The van der Waals surface area contributed by atoms with E-state index in [0.717, 1.165) is 23.4 Å². The molecule has 0 atom stereocenters. The number of ether oxygens (including phenoxy) is 2. The Balaban J connectivity index is 0.00000729. The Morgan fingerprint density at radius 1 is 1.11 bits per heavy atom. The average Bonchev–Trinajstić information content (AvgIpc) is 2.68. The van der Waals surface area contributed by atoms with E-state index in [1.807, 2.05) is 46.8 Å². The van der Waals surface area contributed by atoms with Crippen molar-refractivity contribution in [3.63, 3.8) is 0 Å². The number of aliphatic hydroxyl groups is 1. The molecule has 1 aromatic carbocycles. The summed E-state index contributed by atoms with van der Waals surface area (Å²) >= 11 is 0. The van der Waals surface area contributed by atoms with Crippen molar-refractivity contribution >= 4 is 29.9 Å². The summed E-state index contributed by atoms with van der Waals surface area (Å²) in [6.45, 7) is 13.5. The first-order valence-corrected chi connectivity index (χ1v) is 10.0. The van der Waals surface area contributed by atoms with Gasteiger partial charge in [0.15, 0.2) is 5.96 Å². The van der Waals surface area contributed by atoms with Crippen molar-refractivity contribution in [2.24, 2.45) is 4.99 Å². The van der Waals surface area contributed by atoms with Crippen LogP contribution in [0.3, 0.4) is 0 Å². The van der Waals surface area contributed by atoms with Crippen LogP contribution < -0.4 is 15.4 Å². The Kier molecular flexibility index (Phi) is 14.3. The number of hydrogen-bond donors (Lipinski definition) is 3. The fourth-order valence-corrected chi connectivity index (χ4v) is 2.54. The number of guanidine groups is 1. The van der Waals surface area contributed by atoms with Gasteiger partial charge in [0.05, 0.1) is 18.8 Å². The minimum absolute atomic E-state index is 0. The average molecular weight is 507 g/mol. The molecule has 7 heteroatoms. The van der Waals surface area contributed by atoms with Crippen LogP contribution in [0.2, 0.25) is 0 Å². The molecule has 0 fully saturated rings. The highest BCUT2D eigenvalue weighted by molar-refractivity contribution is 14.0. The zero-order chi connectivity index (χ0) is 20.1. The van der Waals surface area contributed by atoms with E-state index in [0.29, 0.717) is 51.7 Å². The molecule has 0 radical (unpaired) electrons. The van der Waals surface area contributed by atoms with E-state index in [1.165, 1.54) is 0 Å². The zero-order valence-corrected chi connectivity index (χ0v) is 20.3. The van der Waals surface area contributed by atoms with Crippen molar-refractivity contribution < 1.29 is 14.6 Å². The lowest BCUT2D eigenvalue weighted by Crippen LogP contribution is -2.46. The maximum atomic E-state index is 10.5. The van der Waals surface area contributed by atoms with Gasteiger partial charge in [0.2, 0.25) is 0 Å². The smallest absolute Gasteiger partial charge is 0.191 e. The summed E-state index contributed by atoms with van der Waals surface area (Å²) in [5.74, 6) is 1.53. The number of halogens is 1. The van der Waals surface area contributed by atoms with Crippen molar-refractivity contribution in [2.75, 3.05) is 32.9 Å². The lowest BCUT2D eigenvalue weighted by Gasteiger charge is -2.26. The first kappa shape index (κ1) is 26.9. The van der Waals surface area contributed by atoms with Crippen molar-refractivity contribution in [1.82, 2.24) is 10.6 Å². The number of rotatable bonds is 12. The Labute approximate surface area is 187 Å². The minimum Gasteiger partial charge on any atom is -0.491 e. The van der Waals surface area contributed by atoms with Crippen molar-refractivity contribution in [2.45, 2.75) is 59.6 Å². The van der Waals surface area contributed by atoms with Gasteiger partial charge >= 0.3 is 0 Å². The van der Waals surface area contributed by atoms with E-state index in [2.05, 4.69) is 21.7 Å². The van der Waals surface area contributed by atoms with Crippen LogP contribution >= 0.6 is 24.0 Å². The molecule has 0 spiro atoms. The number of hydrogen-bond acceptors (Lipinski definition) is 4. The molecule has 6 nitrogen and oxygen atoms in total. The number of benzene rings is 1. The topological polar surface area (TPSA) is 75.1 Å². The van der Waals surface area contributed by atoms with Crippen molar-refractivity contribution in [3.05, 3.63) is 29.3 Å². The van der Waals surface area contributed by atoms with Gasteiger partial charge in [0.25, 0.3) is 0 Å². The molecule has 0 bridgehead atoms. The van der Waals surface area contributed by atoms with E-state index < -0.39 is 5.60 Å². The van der Waals surface area contributed by atoms with Crippen LogP contribution in [0, 0.1) is 6.92 Å². The molecule has 1 rings (SSSR count). The van der Waals surface area contributed by atoms with Crippen LogP contribution in [0.15, 0.2) is 23.2 Å². The third-order valence-electron chi connectivity index (χ3n) is 4.56. The van der Waals surface area contributed by atoms with Gasteiger partial charge in [0.1, 0.15) is 12.4 Å². The van der Waals surface area contributed by atoms with Crippen LogP contribution in [0.1, 0.15) is 51.7 Å². The molecule has 28 heavy (non-hydrogen) atoms. The van der Waals surface area contributed by atoms with E-state index in [4.69, 9.17) is 9.47 Å². The highest BCUT2D eigenvalue weighted by atomic mass is 127. The Hall–Kier alpha value is -1.06. The van der Waals surface area contributed by atoms with E-state index in [-0.39, 0.29) is 24.0 Å². The third kappa shape index (κ3) is 9.93. The van der Waals surface area contributed by atoms with Gasteiger partial charge in [-0.3, -0.25) is 0 Å². The second-order valence-electron chi connectivity index (χ2n) is 6.64. The monoisotopic (exact) mass is 507 g/mol. The molecule has 0 aliphatic heterocycles. The highest BCUT2D eigenvalue weighted by Gasteiger charge is 2.22. The number of aliphatic imine (C=N–C) groups is 1. The molecule has 3 N–H and O–H groups in total. The number of nitrogens with one attached hydrogen (secondary N) is 2. The SMILES string of the molecule is CCNC(=NCc1ccc(C)cc1OCCOCC)NCC(O)(CC)CC.I. The molecule has 0 unspecified atom stereocenters. The largest absolute Gasteiger partial charge is 0.491 e. The second-order valence-corrected chi connectivity index (χ2v) is 6.64. The standard InChI is InChI=1S/C21H37N3O3.HI/c1-6-21(25,7-2)16-24-20(22-8-3)23-15-18-11-10-17(5)14-19(18)27-13-12-26-9-4;/h10-11,14,25H,6-9,12-13,15-16H2,1-5H3,(H2,22,23,24);1H. The van der Waals surface area contributed by atoms with Gasteiger partial charge in [-0.05, 0) is 45.2 Å². The molecule has 0 amide bonds. The minimum atomic E-state index is -0.715. The van der Waals surface area contributed by atoms with Gasteiger partial charge in [-0.1, -0.05) is 26.0 Å². The summed E-state index contributed by atoms with van der Waals surface area (Å²) in [6.07, 6.45) is 1.40. The molecular formula is C21H38IN3O3. The number of aryl methyl sites for hydroxylation is 1. The van der Waals surface area contributed by atoms with Crippen molar-refractivity contribution in [3.8, 4) is 5.75 Å². The fourth-order valence-electron chi connectivity index (χ4n) is 2.54. The zero-order valence-electron chi connectivity index (χ0n) is 18.0. The van der Waals surface area contributed by atoms with Crippen LogP contribution in [0.4, 0.5) is 0 Å². The quantitative estimate of drug-likeness (QED) is 0.174. The molecule has 0 saturated carbocycles. The molecule has 0 aliphatic rings. The van der Waals surface area contributed by atoms with E-state index in [9.17, 15) is 5.11 Å². The fraction of sp³-hybridized carbons (Fsp3) is 0.667. The summed E-state index contributed by atoms with van der Waals surface area (Å²) in [5.41, 5.74) is 1.46. The first-order valence-electron chi connectivity index (χ1n) is 10.0. The van der Waals surface area contributed by atoms with Gasteiger partial charge in [0, 0.05) is 25.3 Å². The summed E-state index contributed by atoms with van der Waals surface area (Å²) < 4.78 is 11.2. The normalized spacial score (nSPS) is 11.7. The lowest BCUT2D eigenvalue weighted by atomic mass is 9.98. The first-order chi connectivity index (χ1) is 13.0. The lowest BCUT2D eigenvalue weighted by molar-refractivity contribution is 0.0367. The Bertz CT molecular complexity index is 578. The maximum absolute atomic E-state index is 10.5. The summed E-state index contributed by atoms with van der Waals surface area (Å²) in [5, 5.41) is 17.0.